The molecule has 2 aromatic rings. The smallest absolute Gasteiger partial charge is 0.274 e. The molecule has 0 atom stereocenters. The number of aromatic nitrogens is 2. The van der Waals surface area contributed by atoms with E-state index in [0.717, 1.165) is 6.42 Å². The number of amides is 1. The molecule has 19 heavy (non-hydrogen) atoms. The van der Waals surface area contributed by atoms with Crippen molar-refractivity contribution in [2.75, 3.05) is 6.54 Å². The Kier molecular flexibility index (Phi) is 3.94. The molecule has 5 heteroatoms. The topological polar surface area (TPSA) is 64.0 Å². The molecule has 100 valence electrons. The van der Waals surface area contributed by atoms with Crippen molar-refractivity contribution in [1.29, 1.82) is 0 Å². The van der Waals surface area contributed by atoms with Gasteiger partial charge in [0.15, 0.2) is 5.69 Å². The van der Waals surface area contributed by atoms with E-state index < -0.39 is 0 Å². The van der Waals surface area contributed by atoms with Crippen LogP contribution < -0.4 is 10.9 Å². The zero-order valence-corrected chi connectivity index (χ0v) is 11.1. The Bertz CT molecular complexity index is 661. The average molecular weight is 259 g/mol. The monoisotopic (exact) mass is 259 g/mol. The SMILES string of the molecule is CCCn1nc(C(=O)NCC)c2ccccc2c1=O. The number of benzene rings is 1. The summed E-state index contributed by atoms with van der Waals surface area (Å²) in [5.41, 5.74) is 0.163. The minimum atomic E-state index is -0.247. The maximum absolute atomic E-state index is 12.2. The van der Waals surface area contributed by atoms with Crippen LogP contribution in [0.4, 0.5) is 0 Å². The molecule has 5 nitrogen and oxygen atoms in total. The van der Waals surface area contributed by atoms with E-state index in [2.05, 4.69) is 10.4 Å². The van der Waals surface area contributed by atoms with Crippen molar-refractivity contribution in [2.24, 2.45) is 0 Å². The molecular formula is C14H17N3O2. The van der Waals surface area contributed by atoms with Crippen LogP contribution in [0.2, 0.25) is 0 Å². The van der Waals surface area contributed by atoms with E-state index in [0.29, 0.717) is 29.6 Å². The highest BCUT2D eigenvalue weighted by Crippen LogP contribution is 2.13. The number of carbonyl (C=O) groups excluding carboxylic acids is 1. The van der Waals surface area contributed by atoms with Crippen LogP contribution >= 0.6 is 0 Å². The fraction of sp³-hybridized carbons (Fsp3) is 0.357. The molecule has 1 aromatic heterocycles. The lowest BCUT2D eigenvalue weighted by Gasteiger charge is -2.09. The van der Waals surface area contributed by atoms with Crippen LogP contribution in [0.25, 0.3) is 10.8 Å². The number of rotatable bonds is 4. The van der Waals surface area contributed by atoms with Gasteiger partial charge in [-0.2, -0.15) is 5.10 Å². The van der Waals surface area contributed by atoms with Gasteiger partial charge in [0.1, 0.15) is 0 Å². The van der Waals surface area contributed by atoms with E-state index in [1.54, 1.807) is 24.3 Å². The molecule has 1 aromatic carbocycles. The van der Waals surface area contributed by atoms with Gasteiger partial charge < -0.3 is 5.32 Å². The molecule has 0 unspecified atom stereocenters. The molecule has 2 rings (SSSR count). The lowest BCUT2D eigenvalue weighted by Crippen LogP contribution is -2.30. The number of carbonyl (C=O) groups is 1. The third-order valence-electron chi connectivity index (χ3n) is 2.86. The van der Waals surface area contributed by atoms with Gasteiger partial charge in [-0.05, 0) is 19.4 Å². The van der Waals surface area contributed by atoms with E-state index in [-0.39, 0.29) is 11.5 Å². The fourth-order valence-electron chi connectivity index (χ4n) is 2.01. The molecule has 0 fully saturated rings. The molecule has 0 bridgehead atoms. The van der Waals surface area contributed by atoms with Gasteiger partial charge in [-0.3, -0.25) is 9.59 Å². The molecule has 0 aliphatic carbocycles. The van der Waals surface area contributed by atoms with Crippen molar-refractivity contribution in [3.05, 3.63) is 40.3 Å². The van der Waals surface area contributed by atoms with E-state index in [9.17, 15) is 9.59 Å². The highest BCUT2D eigenvalue weighted by Gasteiger charge is 2.15. The van der Waals surface area contributed by atoms with Gasteiger partial charge in [0.2, 0.25) is 0 Å². The van der Waals surface area contributed by atoms with Gasteiger partial charge >= 0.3 is 0 Å². The molecule has 1 N–H and O–H groups in total. The first-order chi connectivity index (χ1) is 9.19. The molecule has 1 amide bonds. The van der Waals surface area contributed by atoms with Gasteiger partial charge in [0.05, 0.1) is 5.39 Å². The maximum atomic E-state index is 12.2. The third-order valence-corrected chi connectivity index (χ3v) is 2.86. The number of nitrogens with zero attached hydrogens (tertiary/aromatic N) is 2. The Hall–Kier alpha value is -2.17. The number of hydrogen-bond acceptors (Lipinski definition) is 3. The highest BCUT2D eigenvalue weighted by atomic mass is 16.2. The van der Waals surface area contributed by atoms with Crippen LogP contribution in [0, 0.1) is 0 Å². The van der Waals surface area contributed by atoms with E-state index >= 15 is 0 Å². The Balaban J connectivity index is 2.71. The number of fused-ring (bicyclic) bond motifs is 1. The predicted molar refractivity (Wildman–Crippen MR) is 74.3 cm³/mol. The fourth-order valence-corrected chi connectivity index (χ4v) is 2.01. The second-order valence-corrected chi connectivity index (χ2v) is 4.28. The van der Waals surface area contributed by atoms with Crippen molar-refractivity contribution in [1.82, 2.24) is 15.1 Å². The van der Waals surface area contributed by atoms with Crippen LogP contribution in [0.5, 0.6) is 0 Å². The first-order valence-corrected chi connectivity index (χ1v) is 6.47. The molecule has 0 aliphatic heterocycles. The van der Waals surface area contributed by atoms with Crippen LogP contribution in [0.1, 0.15) is 30.8 Å². The van der Waals surface area contributed by atoms with Crippen molar-refractivity contribution in [3.63, 3.8) is 0 Å². The van der Waals surface area contributed by atoms with Gasteiger partial charge in [-0.1, -0.05) is 25.1 Å². The van der Waals surface area contributed by atoms with Crippen LogP contribution in [-0.2, 0) is 6.54 Å². The molecule has 0 radical (unpaired) electrons. The minimum Gasteiger partial charge on any atom is -0.351 e. The third kappa shape index (κ3) is 2.50. The predicted octanol–water partition coefficient (Wildman–Crippen LogP) is 1.56. The summed E-state index contributed by atoms with van der Waals surface area (Å²) in [5, 5.41) is 8.06. The van der Waals surface area contributed by atoms with Crippen LogP contribution in [0.3, 0.4) is 0 Å². The number of aryl methyl sites for hydroxylation is 1. The van der Waals surface area contributed by atoms with Gasteiger partial charge in [0.25, 0.3) is 11.5 Å². The maximum Gasteiger partial charge on any atom is 0.274 e. The van der Waals surface area contributed by atoms with Gasteiger partial charge in [0, 0.05) is 18.5 Å². The summed E-state index contributed by atoms with van der Waals surface area (Å²) in [6.07, 6.45) is 0.792. The molecule has 0 spiro atoms. The molecular weight excluding hydrogens is 242 g/mol. The zero-order valence-electron chi connectivity index (χ0n) is 11.1. The Labute approximate surface area is 111 Å². The quantitative estimate of drug-likeness (QED) is 0.906. The lowest BCUT2D eigenvalue weighted by molar-refractivity contribution is 0.0950. The summed E-state index contributed by atoms with van der Waals surface area (Å²) in [6, 6.07) is 7.08. The second-order valence-electron chi connectivity index (χ2n) is 4.28. The lowest BCUT2D eigenvalue weighted by atomic mass is 10.1. The normalized spacial score (nSPS) is 10.6. The summed E-state index contributed by atoms with van der Waals surface area (Å²) in [7, 11) is 0. The summed E-state index contributed by atoms with van der Waals surface area (Å²) < 4.78 is 1.37. The largest absolute Gasteiger partial charge is 0.351 e. The highest BCUT2D eigenvalue weighted by molar-refractivity contribution is 6.04. The van der Waals surface area contributed by atoms with Gasteiger partial charge in [-0.15, -0.1) is 0 Å². The molecule has 0 saturated heterocycles. The summed E-state index contributed by atoms with van der Waals surface area (Å²) >= 11 is 0. The summed E-state index contributed by atoms with van der Waals surface area (Å²) in [5.74, 6) is -0.247. The second kappa shape index (κ2) is 5.65. The number of hydrogen-bond donors (Lipinski definition) is 1. The minimum absolute atomic E-state index is 0.148. The van der Waals surface area contributed by atoms with E-state index in [1.165, 1.54) is 4.68 Å². The summed E-state index contributed by atoms with van der Waals surface area (Å²) in [6.45, 7) is 4.86. The van der Waals surface area contributed by atoms with Gasteiger partial charge in [-0.25, -0.2) is 4.68 Å². The zero-order chi connectivity index (χ0) is 13.8. The Morgan fingerprint density at radius 2 is 1.95 bits per heavy atom. The van der Waals surface area contributed by atoms with Crippen molar-refractivity contribution < 1.29 is 4.79 Å². The summed E-state index contributed by atoms with van der Waals surface area (Å²) in [4.78, 5) is 24.3. The van der Waals surface area contributed by atoms with Crippen molar-refractivity contribution in [3.8, 4) is 0 Å². The van der Waals surface area contributed by atoms with Crippen LogP contribution in [-0.4, -0.2) is 22.2 Å². The van der Waals surface area contributed by atoms with Crippen LogP contribution in [0.15, 0.2) is 29.1 Å². The molecule has 0 aliphatic rings. The first kappa shape index (κ1) is 13.3. The number of nitrogens with one attached hydrogen (secondary N) is 1. The Morgan fingerprint density at radius 3 is 2.58 bits per heavy atom. The van der Waals surface area contributed by atoms with Crippen molar-refractivity contribution in [2.45, 2.75) is 26.8 Å². The molecule has 1 heterocycles. The Morgan fingerprint density at radius 1 is 1.26 bits per heavy atom. The first-order valence-electron chi connectivity index (χ1n) is 6.47. The van der Waals surface area contributed by atoms with E-state index in [4.69, 9.17) is 0 Å². The standard InChI is InChI=1S/C14H17N3O2/c1-3-9-17-14(19)11-8-6-5-7-10(11)12(16-17)13(18)15-4-2/h5-8H,3-4,9H2,1-2H3,(H,15,18). The van der Waals surface area contributed by atoms with E-state index in [1.807, 2.05) is 13.8 Å². The average Bonchev–Trinajstić information content (AvgIpc) is 2.42. The molecule has 0 saturated carbocycles. The van der Waals surface area contributed by atoms with Crippen molar-refractivity contribution >= 4 is 16.7 Å².